The number of halogens is 2. The van der Waals surface area contributed by atoms with Gasteiger partial charge in [-0.2, -0.15) is 0 Å². The Kier molecular flexibility index (Phi) is 4.50. The van der Waals surface area contributed by atoms with Gasteiger partial charge in [0.25, 0.3) is 5.91 Å². The molecule has 1 heterocycles. The first kappa shape index (κ1) is 15.8. The molecule has 1 aromatic heterocycles. The number of ether oxygens (including phenoxy) is 1. The van der Waals surface area contributed by atoms with E-state index in [4.69, 9.17) is 16.3 Å². The predicted molar refractivity (Wildman–Crippen MR) is 91.0 cm³/mol. The number of hydrogen-bond donors (Lipinski definition) is 1. The largest absolute Gasteiger partial charge is 0.494 e. The number of amides is 1. The first-order valence-corrected chi connectivity index (χ1v) is 8.06. The van der Waals surface area contributed by atoms with Crippen LogP contribution in [0.4, 0.5) is 4.39 Å². The maximum atomic E-state index is 13.2. The lowest BCUT2D eigenvalue weighted by molar-refractivity contribution is 0.0952. The SMILES string of the molecule is COc1c(C(=O)NCc2cccc(F)c2)sc2ccc(Cl)cc12. The van der Waals surface area contributed by atoms with E-state index in [1.807, 2.05) is 6.07 Å². The van der Waals surface area contributed by atoms with Gasteiger partial charge in [0.15, 0.2) is 0 Å². The number of methoxy groups -OCH3 is 1. The average molecular weight is 350 g/mol. The van der Waals surface area contributed by atoms with Crippen LogP contribution >= 0.6 is 22.9 Å². The van der Waals surface area contributed by atoms with Gasteiger partial charge in [-0.25, -0.2) is 4.39 Å². The number of carbonyl (C=O) groups excluding carboxylic acids is 1. The Bertz CT molecular complexity index is 878. The highest BCUT2D eigenvalue weighted by atomic mass is 35.5. The molecule has 0 bridgehead atoms. The molecule has 0 aliphatic carbocycles. The number of hydrogen-bond acceptors (Lipinski definition) is 3. The highest BCUT2D eigenvalue weighted by molar-refractivity contribution is 7.21. The summed E-state index contributed by atoms with van der Waals surface area (Å²) in [7, 11) is 1.52. The summed E-state index contributed by atoms with van der Waals surface area (Å²) in [6, 6.07) is 11.5. The zero-order valence-electron chi connectivity index (χ0n) is 12.2. The highest BCUT2D eigenvalue weighted by Crippen LogP contribution is 2.38. The van der Waals surface area contributed by atoms with Crippen molar-refractivity contribution in [3.8, 4) is 5.75 Å². The lowest BCUT2D eigenvalue weighted by Crippen LogP contribution is -2.22. The maximum Gasteiger partial charge on any atom is 0.265 e. The van der Waals surface area contributed by atoms with E-state index in [1.54, 1.807) is 24.3 Å². The molecule has 118 valence electrons. The minimum absolute atomic E-state index is 0.245. The second kappa shape index (κ2) is 6.56. The normalized spacial score (nSPS) is 10.7. The molecule has 0 saturated carbocycles. The lowest BCUT2D eigenvalue weighted by atomic mass is 10.2. The van der Waals surface area contributed by atoms with Gasteiger partial charge in [-0.15, -0.1) is 11.3 Å². The van der Waals surface area contributed by atoms with Crippen molar-refractivity contribution in [3.05, 3.63) is 63.7 Å². The molecule has 2 aromatic carbocycles. The van der Waals surface area contributed by atoms with Crippen molar-refractivity contribution in [2.24, 2.45) is 0 Å². The molecule has 0 saturated heterocycles. The van der Waals surface area contributed by atoms with Crippen LogP contribution in [0.25, 0.3) is 10.1 Å². The summed E-state index contributed by atoms with van der Waals surface area (Å²) in [6.45, 7) is 0.245. The third-order valence-corrected chi connectivity index (χ3v) is 4.74. The Labute approximate surface area is 141 Å². The standard InChI is InChI=1S/C17H13ClFNO2S/c1-22-15-13-8-11(18)5-6-14(13)23-16(15)17(21)20-9-10-3-2-4-12(19)7-10/h2-8H,9H2,1H3,(H,20,21). The van der Waals surface area contributed by atoms with Gasteiger partial charge in [0.2, 0.25) is 0 Å². The third kappa shape index (κ3) is 3.30. The number of fused-ring (bicyclic) bond motifs is 1. The Morgan fingerprint density at radius 1 is 1.30 bits per heavy atom. The van der Waals surface area contributed by atoms with Gasteiger partial charge in [0, 0.05) is 21.7 Å². The summed E-state index contributed by atoms with van der Waals surface area (Å²) < 4.78 is 19.5. The number of thiophene rings is 1. The highest BCUT2D eigenvalue weighted by Gasteiger charge is 2.19. The molecule has 1 N–H and O–H groups in total. The van der Waals surface area contributed by atoms with Crippen LogP contribution < -0.4 is 10.1 Å². The quantitative estimate of drug-likeness (QED) is 0.745. The number of carbonyl (C=O) groups is 1. The second-order valence-electron chi connectivity index (χ2n) is 4.92. The summed E-state index contributed by atoms with van der Waals surface area (Å²) in [6.07, 6.45) is 0. The lowest BCUT2D eigenvalue weighted by Gasteiger charge is -2.06. The Hall–Kier alpha value is -2.11. The molecule has 0 aliphatic rings. The van der Waals surface area contributed by atoms with Gasteiger partial charge < -0.3 is 10.1 Å². The van der Waals surface area contributed by atoms with Gasteiger partial charge in [0.1, 0.15) is 16.4 Å². The monoisotopic (exact) mass is 349 g/mol. The molecule has 6 heteroatoms. The molecule has 0 unspecified atom stereocenters. The zero-order chi connectivity index (χ0) is 16.4. The summed E-state index contributed by atoms with van der Waals surface area (Å²) in [5.74, 6) is -0.0847. The van der Waals surface area contributed by atoms with E-state index in [2.05, 4.69) is 5.32 Å². The fourth-order valence-electron chi connectivity index (χ4n) is 2.31. The van der Waals surface area contributed by atoms with E-state index in [1.165, 1.54) is 30.6 Å². The van der Waals surface area contributed by atoms with Crippen LogP contribution in [-0.2, 0) is 6.54 Å². The molecular weight excluding hydrogens is 337 g/mol. The molecule has 3 aromatic rings. The predicted octanol–water partition coefficient (Wildman–Crippen LogP) is 4.63. The number of benzene rings is 2. The van der Waals surface area contributed by atoms with Crippen molar-refractivity contribution in [1.29, 1.82) is 0 Å². The van der Waals surface area contributed by atoms with Crippen molar-refractivity contribution >= 4 is 38.9 Å². The molecule has 0 atom stereocenters. The minimum Gasteiger partial charge on any atom is -0.494 e. The van der Waals surface area contributed by atoms with Crippen molar-refractivity contribution in [2.45, 2.75) is 6.54 Å². The van der Waals surface area contributed by atoms with Gasteiger partial charge in [-0.1, -0.05) is 23.7 Å². The van der Waals surface area contributed by atoms with Crippen LogP contribution in [0.5, 0.6) is 5.75 Å². The second-order valence-corrected chi connectivity index (χ2v) is 6.41. The van der Waals surface area contributed by atoms with Crippen molar-refractivity contribution in [1.82, 2.24) is 5.32 Å². The van der Waals surface area contributed by atoms with Crippen LogP contribution in [0.15, 0.2) is 42.5 Å². The molecule has 0 radical (unpaired) electrons. The van der Waals surface area contributed by atoms with Crippen LogP contribution in [0.1, 0.15) is 15.2 Å². The molecular formula is C17H13ClFNO2S. The number of rotatable bonds is 4. The van der Waals surface area contributed by atoms with E-state index in [0.29, 0.717) is 21.2 Å². The van der Waals surface area contributed by atoms with E-state index in [0.717, 1.165) is 10.1 Å². The average Bonchev–Trinajstić information content (AvgIpc) is 2.90. The van der Waals surface area contributed by atoms with E-state index in [-0.39, 0.29) is 18.3 Å². The van der Waals surface area contributed by atoms with Crippen molar-refractivity contribution in [3.63, 3.8) is 0 Å². The fraction of sp³-hybridized carbons (Fsp3) is 0.118. The molecule has 23 heavy (non-hydrogen) atoms. The van der Waals surface area contributed by atoms with E-state index < -0.39 is 0 Å². The third-order valence-electron chi connectivity index (χ3n) is 3.36. The van der Waals surface area contributed by atoms with Gasteiger partial charge in [-0.3, -0.25) is 4.79 Å². The van der Waals surface area contributed by atoms with Crippen LogP contribution in [0, 0.1) is 5.82 Å². The van der Waals surface area contributed by atoms with E-state index >= 15 is 0 Å². The fourth-order valence-corrected chi connectivity index (χ4v) is 3.55. The summed E-state index contributed by atoms with van der Waals surface area (Å²) in [4.78, 5) is 12.9. The summed E-state index contributed by atoms with van der Waals surface area (Å²) in [5, 5.41) is 4.17. The van der Waals surface area contributed by atoms with Crippen LogP contribution in [0.2, 0.25) is 5.02 Å². The first-order chi connectivity index (χ1) is 11.1. The van der Waals surface area contributed by atoms with Gasteiger partial charge in [0.05, 0.1) is 7.11 Å². The van der Waals surface area contributed by atoms with Crippen LogP contribution in [-0.4, -0.2) is 13.0 Å². The van der Waals surface area contributed by atoms with Crippen molar-refractivity contribution < 1.29 is 13.9 Å². The van der Waals surface area contributed by atoms with Crippen LogP contribution in [0.3, 0.4) is 0 Å². The van der Waals surface area contributed by atoms with Crippen molar-refractivity contribution in [2.75, 3.05) is 7.11 Å². The molecule has 1 amide bonds. The zero-order valence-corrected chi connectivity index (χ0v) is 13.8. The van der Waals surface area contributed by atoms with Gasteiger partial charge >= 0.3 is 0 Å². The summed E-state index contributed by atoms with van der Waals surface area (Å²) in [5.41, 5.74) is 0.696. The number of nitrogens with one attached hydrogen (secondary N) is 1. The molecule has 3 nitrogen and oxygen atoms in total. The molecule has 0 spiro atoms. The Balaban J connectivity index is 1.86. The topological polar surface area (TPSA) is 38.3 Å². The Morgan fingerprint density at radius 3 is 2.87 bits per heavy atom. The maximum absolute atomic E-state index is 13.2. The minimum atomic E-state index is -0.328. The molecule has 0 aliphatic heterocycles. The smallest absolute Gasteiger partial charge is 0.265 e. The first-order valence-electron chi connectivity index (χ1n) is 6.87. The van der Waals surface area contributed by atoms with Gasteiger partial charge in [-0.05, 0) is 35.9 Å². The Morgan fingerprint density at radius 2 is 2.13 bits per heavy atom. The summed E-state index contributed by atoms with van der Waals surface area (Å²) >= 11 is 7.34. The molecule has 0 fully saturated rings. The molecule has 3 rings (SSSR count). The van der Waals surface area contributed by atoms with E-state index in [9.17, 15) is 9.18 Å².